The standard InChI is InChI=1S/C8H8Br2N2O/c9-5-1-4(7(13)3-11)2-6(10)8(5)12/h1-2H,3,11-12H2. The van der Waals surface area contributed by atoms with E-state index in [1.165, 1.54) is 0 Å². The quantitative estimate of drug-likeness (QED) is 0.648. The van der Waals surface area contributed by atoms with Gasteiger partial charge in [-0.05, 0) is 44.0 Å². The number of rotatable bonds is 2. The van der Waals surface area contributed by atoms with Crippen LogP contribution in [0.1, 0.15) is 10.4 Å². The number of ketones is 1. The topological polar surface area (TPSA) is 69.1 Å². The average molecular weight is 308 g/mol. The summed E-state index contributed by atoms with van der Waals surface area (Å²) >= 11 is 6.49. The van der Waals surface area contributed by atoms with Crippen LogP contribution in [0.25, 0.3) is 0 Å². The maximum atomic E-state index is 11.2. The molecule has 70 valence electrons. The average Bonchev–Trinajstić information content (AvgIpc) is 2.12. The molecule has 0 atom stereocenters. The first-order valence-corrected chi connectivity index (χ1v) is 5.12. The fourth-order valence-electron chi connectivity index (χ4n) is 0.863. The summed E-state index contributed by atoms with van der Waals surface area (Å²) in [5.41, 5.74) is 12.0. The Morgan fingerprint density at radius 3 is 2.15 bits per heavy atom. The van der Waals surface area contributed by atoms with Crippen molar-refractivity contribution in [1.29, 1.82) is 0 Å². The lowest BCUT2D eigenvalue weighted by Gasteiger charge is -2.04. The van der Waals surface area contributed by atoms with Gasteiger partial charge in [0.15, 0.2) is 5.78 Å². The second kappa shape index (κ2) is 4.21. The molecule has 0 saturated carbocycles. The third-order valence-corrected chi connectivity index (χ3v) is 2.90. The Labute approximate surface area is 92.7 Å². The Morgan fingerprint density at radius 2 is 1.77 bits per heavy atom. The van der Waals surface area contributed by atoms with Crippen LogP contribution in [-0.2, 0) is 0 Å². The lowest BCUT2D eigenvalue weighted by molar-refractivity contribution is 0.100. The molecule has 0 spiro atoms. The highest BCUT2D eigenvalue weighted by atomic mass is 79.9. The fraction of sp³-hybridized carbons (Fsp3) is 0.125. The minimum atomic E-state index is -0.110. The van der Waals surface area contributed by atoms with Crippen LogP contribution < -0.4 is 11.5 Å². The maximum Gasteiger partial charge on any atom is 0.176 e. The van der Waals surface area contributed by atoms with Crippen LogP contribution in [0.4, 0.5) is 5.69 Å². The molecular weight excluding hydrogens is 300 g/mol. The second-order valence-electron chi connectivity index (χ2n) is 2.48. The first-order valence-electron chi connectivity index (χ1n) is 3.54. The number of benzene rings is 1. The van der Waals surface area contributed by atoms with E-state index in [1.54, 1.807) is 12.1 Å². The van der Waals surface area contributed by atoms with Crippen LogP contribution in [0.2, 0.25) is 0 Å². The molecule has 0 saturated heterocycles. The highest BCUT2D eigenvalue weighted by molar-refractivity contribution is 9.11. The number of halogens is 2. The van der Waals surface area contributed by atoms with Crippen molar-refractivity contribution in [1.82, 2.24) is 0 Å². The molecule has 4 N–H and O–H groups in total. The molecule has 0 bridgehead atoms. The van der Waals surface area contributed by atoms with E-state index in [4.69, 9.17) is 11.5 Å². The molecule has 0 aliphatic rings. The highest BCUT2D eigenvalue weighted by Gasteiger charge is 2.08. The number of nitrogen functional groups attached to an aromatic ring is 1. The lowest BCUT2D eigenvalue weighted by atomic mass is 10.1. The van der Waals surface area contributed by atoms with Crippen LogP contribution in [0.15, 0.2) is 21.1 Å². The molecule has 1 aromatic rings. The second-order valence-corrected chi connectivity index (χ2v) is 4.19. The Hall–Kier alpha value is -0.390. The van der Waals surface area contributed by atoms with E-state index < -0.39 is 0 Å². The van der Waals surface area contributed by atoms with Crippen LogP contribution >= 0.6 is 31.9 Å². The van der Waals surface area contributed by atoms with E-state index in [-0.39, 0.29) is 12.3 Å². The first-order chi connectivity index (χ1) is 6.06. The molecule has 5 heteroatoms. The van der Waals surface area contributed by atoms with Crippen molar-refractivity contribution in [3.63, 3.8) is 0 Å². The van der Waals surface area contributed by atoms with E-state index in [2.05, 4.69) is 31.9 Å². The van der Waals surface area contributed by atoms with E-state index in [0.29, 0.717) is 20.2 Å². The van der Waals surface area contributed by atoms with Crippen LogP contribution in [0, 0.1) is 0 Å². The number of hydrogen-bond acceptors (Lipinski definition) is 3. The molecule has 0 radical (unpaired) electrons. The molecule has 0 amide bonds. The SMILES string of the molecule is NCC(=O)c1cc(Br)c(N)c(Br)c1. The largest absolute Gasteiger partial charge is 0.397 e. The number of nitrogens with two attached hydrogens (primary N) is 2. The zero-order valence-corrected chi connectivity index (χ0v) is 9.85. The minimum absolute atomic E-state index is 0.00278. The molecule has 0 fully saturated rings. The van der Waals surface area contributed by atoms with Crippen molar-refractivity contribution in [2.24, 2.45) is 5.73 Å². The predicted molar refractivity (Wildman–Crippen MR) is 59.6 cm³/mol. The van der Waals surface area contributed by atoms with Gasteiger partial charge >= 0.3 is 0 Å². The summed E-state index contributed by atoms with van der Waals surface area (Å²) in [4.78, 5) is 11.2. The smallest absolute Gasteiger partial charge is 0.176 e. The van der Waals surface area contributed by atoms with Gasteiger partial charge in [-0.1, -0.05) is 0 Å². The zero-order valence-electron chi connectivity index (χ0n) is 6.68. The number of carbonyl (C=O) groups is 1. The van der Waals surface area contributed by atoms with Gasteiger partial charge in [0.2, 0.25) is 0 Å². The molecule has 0 aromatic heterocycles. The molecule has 13 heavy (non-hydrogen) atoms. The molecule has 0 aliphatic carbocycles. The monoisotopic (exact) mass is 306 g/mol. The highest BCUT2D eigenvalue weighted by Crippen LogP contribution is 2.29. The summed E-state index contributed by atoms with van der Waals surface area (Å²) < 4.78 is 1.39. The van der Waals surface area contributed by atoms with Gasteiger partial charge in [-0.2, -0.15) is 0 Å². The summed E-state index contributed by atoms with van der Waals surface area (Å²) in [5.74, 6) is -0.110. The van der Waals surface area contributed by atoms with Gasteiger partial charge in [-0.3, -0.25) is 4.79 Å². The fourth-order valence-corrected chi connectivity index (χ4v) is 2.05. The zero-order chi connectivity index (χ0) is 10.0. The number of Topliss-reactive ketones (excluding diaryl/α,β-unsaturated/α-hetero) is 1. The van der Waals surface area contributed by atoms with Crippen molar-refractivity contribution in [2.45, 2.75) is 0 Å². The third-order valence-electron chi connectivity index (χ3n) is 1.59. The Morgan fingerprint density at radius 1 is 1.31 bits per heavy atom. The van der Waals surface area contributed by atoms with Gasteiger partial charge in [0.1, 0.15) is 0 Å². The van der Waals surface area contributed by atoms with Crippen molar-refractivity contribution >= 4 is 43.3 Å². The molecule has 3 nitrogen and oxygen atoms in total. The van der Waals surface area contributed by atoms with E-state index in [1.807, 2.05) is 0 Å². The molecule has 0 unspecified atom stereocenters. The summed E-state index contributed by atoms with van der Waals surface area (Å²) in [7, 11) is 0. The number of carbonyl (C=O) groups excluding carboxylic acids is 1. The molecule has 1 aromatic carbocycles. The van der Waals surface area contributed by atoms with Crippen molar-refractivity contribution in [3.8, 4) is 0 Å². The molecular formula is C8H8Br2N2O. The number of anilines is 1. The van der Waals surface area contributed by atoms with Gasteiger partial charge in [-0.25, -0.2) is 0 Å². The third kappa shape index (κ3) is 2.30. The Balaban J connectivity index is 3.20. The van der Waals surface area contributed by atoms with Crippen molar-refractivity contribution in [3.05, 3.63) is 26.6 Å². The molecule has 1 rings (SSSR count). The lowest BCUT2D eigenvalue weighted by Crippen LogP contribution is -2.13. The predicted octanol–water partition coefficient (Wildman–Crippen LogP) is 1.94. The molecule has 0 aliphatic heterocycles. The summed E-state index contributed by atoms with van der Waals surface area (Å²) in [5, 5.41) is 0. The van der Waals surface area contributed by atoms with Crippen molar-refractivity contribution < 1.29 is 4.79 Å². The van der Waals surface area contributed by atoms with Crippen LogP contribution in [-0.4, -0.2) is 12.3 Å². The van der Waals surface area contributed by atoms with Crippen LogP contribution in [0.5, 0.6) is 0 Å². The summed E-state index contributed by atoms with van der Waals surface area (Å²) in [6.07, 6.45) is 0. The van der Waals surface area contributed by atoms with E-state index in [9.17, 15) is 4.79 Å². The van der Waals surface area contributed by atoms with Gasteiger partial charge in [0, 0.05) is 14.5 Å². The van der Waals surface area contributed by atoms with Gasteiger partial charge in [0.25, 0.3) is 0 Å². The van der Waals surface area contributed by atoms with E-state index in [0.717, 1.165) is 0 Å². The first kappa shape index (κ1) is 10.7. The van der Waals surface area contributed by atoms with E-state index >= 15 is 0 Å². The number of hydrogen-bond donors (Lipinski definition) is 2. The summed E-state index contributed by atoms with van der Waals surface area (Å²) in [6, 6.07) is 3.32. The van der Waals surface area contributed by atoms with Crippen molar-refractivity contribution in [2.75, 3.05) is 12.3 Å². The normalized spacial score (nSPS) is 10.1. The van der Waals surface area contributed by atoms with Gasteiger partial charge in [0.05, 0.1) is 12.2 Å². The Kier molecular flexibility index (Phi) is 3.47. The minimum Gasteiger partial charge on any atom is -0.397 e. The Bertz CT molecular complexity index is 329. The van der Waals surface area contributed by atoms with Crippen LogP contribution in [0.3, 0.4) is 0 Å². The maximum absolute atomic E-state index is 11.2. The van der Waals surface area contributed by atoms with Gasteiger partial charge < -0.3 is 11.5 Å². The summed E-state index contributed by atoms with van der Waals surface area (Å²) in [6.45, 7) is 0.00278. The molecule has 0 heterocycles. The van der Waals surface area contributed by atoms with Gasteiger partial charge in [-0.15, -0.1) is 0 Å².